The average Bonchev–Trinajstić information content (AvgIpc) is 3.41. The molecule has 156 valence electrons. The predicted octanol–water partition coefficient (Wildman–Crippen LogP) is 3.20. The lowest BCUT2D eigenvalue weighted by Gasteiger charge is -2.17. The SMILES string of the molecule is CC(CO)n1c(=O)c2c(-c3noc(-c4ccc(F)cc4)n3)ncn2c2ccc(F)cc21. The third-order valence-electron chi connectivity index (χ3n) is 5.08. The Hall–Kier alpha value is -3.92. The Morgan fingerprint density at radius 3 is 2.58 bits per heavy atom. The molecule has 1 atom stereocenters. The lowest BCUT2D eigenvalue weighted by Crippen LogP contribution is -2.27. The standard InChI is InChI=1S/C21H15F2N5O3/c1-11(9-29)28-16-8-14(23)6-7-15(16)27-10-24-17(18(27)21(28)30)19-25-20(31-26-19)12-2-4-13(22)5-3-12/h2-8,10-11,29H,9H2,1H3. The third kappa shape index (κ3) is 2.99. The van der Waals surface area contributed by atoms with Gasteiger partial charge in [-0.25, -0.2) is 13.8 Å². The average molecular weight is 423 g/mol. The van der Waals surface area contributed by atoms with Gasteiger partial charge in [-0.1, -0.05) is 5.16 Å². The molecule has 3 heterocycles. The van der Waals surface area contributed by atoms with Gasteiger partial charge >= 0.3 is 0 Å². The Morgan fingerprint density at radius 2 is 1.84 bits per heavy atom. The first-order chi connectivity index (χ1) is 15.0. The van der Waals surface area contributed by atoms with Crippen molar-refractivity contribution in [1.82, 2.24) is 24.1 Å². The molecule has 8 nitrogen and oxygen atoms in total. The molecule has 5 aromatic rings. The van der Waals surface area contributed by atoms with Crippen molar-refractivity contribution >= 4 is 16.6 Å². The van der Waals surface area contributed by atoms with Crippen LogP contribution in [-0.2, 0) is 0 Å². The van der Waals surface area contributed by atoms with Crippen molar-refractivity contribution in [2.75, 3.05) is 6.61 Å². The summed E-state index contributed by atoms with van der Waals surface area (Å²) in [5, 5.41) is 13.6. The first-order valence-corrected chi connectivity index (χ1v) is 9.39. The molecule has 1 N–H and O–H groups in total. The maximum absolute atomic E-state index is 13.9. The number of imidazole rings is 1. The van der Waals surface area contributed by atoms with Crippen LogP contribution in [-0.4, -0.2) is 35.8 Å². The summed E-state index contributed by atoms with van der Waals surface area (Å²) in [5.41, 5.74) is 1.20. The van der Waals surface area contributed by atoms with Crippen molar-refractivity contribution in [2.45, 2.75) is 13.0 Å². The molecule has 2 aromatic carbocycles. The molecule has 1 unspecified atom stereocenters. The number of fused-ring (bicyclic) bond motifs is 3. The number of aromatic nitrogens is 5. The molecule has 0 radical (unpaired) electrons. The summed E-state index contributed by atoms with van der Waals surface area (Å²) in [4.78, 5) is 22.0. The molecule has 0 spiro atoms. The van der Waals surface area contributed by atoms with Gasteiger partial charge in [0.05, 0.1) is 23.7 Å². The van der Waals surface area contributed by atoms with Crippen LogP contribution in [0.25, 0.3) is 39.5 Å². The molecular weight excluding hydrogens is 408 g/mol. The zero-order valence-corrected chi connectivity index (χ0v) is 16.2. The first-order valence-electron chi connectivity index (χ1n) is 9.39. The highest BCUT2D eigenvalue weighted by Gasteiger charge is 2.23. The monoisotopic (exact) mass is 423 g/mol. The molecule has 0 aliphatic heterocycles. The van der Waals surface area contributed by atoms with E-state index in [0.717, 1.165) is 0 Å². The van der Waals surface area contributed by atoms with E-state index < -0.39 is 23.2 Å². The van der Waals surface area contributed by atoms with Crippen LogP contribution >= 0.6 is 0 Å². The summed E-state index contributed by atoms with van der Waals surface area (Å²) in [6, 6.07) is 8.97. The number of hydrogen-bond acceptors (Lipinski definition) is 6. The van der Waals surface area contributed by atoms with Crippen LogP contribution in [0, 0.1) is 11.6 Å². The van der Waals surface area contributed by atoms with Gasteiger partial charge in [0.15, 0.2) is 0 Å². The second-order valence-electron chi connectivity index (χ2n) is 7.08. The van der Waals surface area contributed by atoms with Gasteiger partial charge in [-0.05, 0) is 49.4 Å². The van der Waals surface area contributed by atoms with E-state index in [1.807, 2.05) is 0 Å². The maximum Gasteiger partial charge on any atom is 0.278 e. The van der Waals surface area contributed by atoms with Crippen molar-refractivity contribution in [3.8, 4) is 23.0 Å². The molecule has 0 bridgehead atoms. The largest absolute Gasteiger partial charge is 0.394 e. The predicted molar refractivity (Wildman–Crippen MR) is 107 cm³/mol. The second kappa shape index (κ2) is 7.10. The molecule has 3 aromatic heterocycles. The highest BCUT2D eigenvalue weighted by Crippen LogP contribution is 2.26. The van der Waals surface area contributed by atoms with Crippen LogP contribution in [0.3, 0.4) is 0 Å². The molecule has 0 saturated carbocycles. The van der Waals surface area contributed by atoms with Gasteiger partial charge in [0.25, 0.3) is 11.4 Å². The number of hydrogen-bond donors (Lipinski definition) is 1. The smallest absolute Gasteiger partial charge is 0.278 e. The molecule has 0 amide bonds. The summed E-state index contributed by atoms with van der Waals surface area (Å²) in [7, 11) is 0. The van der Waals surface area contributed by atoms with Crippen molar-refractivity contribution in [2.24, 2.45) is 0 Å². The highest BCUT2D eigenvalue weighted by molar-refractivity contribution is 5.84. The minimum Gasteiger partial charge on any atom is -0.394 e. The van der Waals surface area contributed by atoms with Gasteiger partial charge in [-0.3, -0.25) is 13.8 Å². The van der Waals surface area contributed by atoms with E-state index in [0.29, 0.717) is 16.6 Å². The molecule has 0 saturated heterocycles. The van der Waals surface area contributed by atoms with E-state index >= 15 is 0 Å². The summed E-state index contributed by atoms with van der Waals surface area (Å²) in [6.45, 7) is 1.33. The number of halogens is 2. The first kappa shape index (κ1) is 19.1. The number of aliphatic hydroxyl groups is 1. The van der Waals surface area contributed by atoms with Crippen LogP contribution < -0.4 is 5.56 Å². The minimum absolute atomic E-state index is 0.0728. The summed E-state index contributed by atoms with van der Waals surface area (Å²) in [6.07, 6.45) is 1.42. The number of nitrogens with zero attached hydrogens (tertiary/aromatic N) is 5. The molecule has 10 heteroatoms. The lowest BCUT2D eigenvalue weighted by atomic mass is 10.2. The maximum atomic E-state index is 13.9. The minimum atomic E-state index is -0.607. The zero-order valence-electron chi connectivity index (χ0n) is 16.2. The van der Waals surface area contributed by atoms with Crippen LogP contribution in [0.15, 0.2) is 58.1 Å². The van der Waals surface area contributed by atoms with E-state index in [-0.39, 0.29) is 29.5 Å². The molecule has 5 rings (SSSR count). The number of benzene rings is 2. The highest BCUT2D eigenvalue weighted by atomic mass is 19.1. The molecule has 0 aliphatic rings. The van der Waals surface area contributed by atoms with Crippen LogP contribution in [0.5, 0.6) is 0 Å². The van der Waals surface area contributed by atoms with E-state index in [9.17, 15) is 18.7 Å². The Morgan fingerprint density at radius 1 is 1.10 bits per heavy atom. The van der Waals surface area contributed by atoms with Gasteiger partial charge in [0.2, 0.25) is 5.82 Å². The van der Waals surface area contributed by atoms with Gasteiger partial charge in [0, 0.05) is 5.56 Å². The zero-order chi connectivity index (χ0) is 21.7. The van der Waals surface area contributed by atoms with Crippen LogP contribution in [0.4, 0.5) is 8.78 Å². The normalized spacial score (nSPS) is 12.6. The van der Waals surface area contributed by atoms with Crippen molar-refractivity contribution in [3.63, 3.8) is 0 Å². The Balaban J connectivity index is 1.76. The van der Waals surface area contributed by atoms with E-state index in [2.05, 4.69) is 15.1 Å². The van der Waals surface area contributed by atoms with Crippen molar-refractivity contribution in [1.29, 1.82) is 0 Å². The van der Waals surface area contributed by atoms with Crippen LogP contribution in [0.1, 0.15) is 13.0 Å². The Labute approximate surface area is 173 Å². The van der Waals surface area contributed by atoms with Crippen molar-refractivity contribution in [3.05, 3.63) is 70.8 Å². The summed E-state index contributed by atoms with van der Waals surface area (Å²) >= 11 is 0. The fraction of sp³-hybridized carbons (Fsp3) is 0.143. The second-order valence-corrected chi connectivity index (χ2v) is 7.08. The van der Waals surface area contributed by atoms with Gasteiger partial charge in [0.1, 0.15) is 29.2 Å². The van der Waals surface area contributed by atoms with Crippen molar-refractivity contribution < 1.29 is 18.4 Å². The molecule has 0 aliphatic carbocycles. The number of rotatable bonds is 4. The molecule has 0 fully saturated rings. The quantitative estimate of drug-likeness (QED) is 0.477. The van der Waals surface area contributed by atoms with Crippen LogP contribution in [0.2, 0.25) is 0 Å². The third-order valence-corrected chi connectivity index (χ3v) is 5.08. The summed E-state index contributed by atoms with van der Waals surface area (Å²) < 4.78 is 35.2. The molecule has 31 heavy (non-hydrogen) atoms. The fourth-order valence-electron chi connectivity index (χ4n) is 3.56. The van der Waals surface area contributed by atoms with Gasteiger partial charge in [-0.15, -0.1) is 0 Å². The van der Waals surface area contributed by atoms with E-state index in [1.165, 1.54) is 57.8 Å². The molecular formula is C21H15F2N5O3. The van der Waals surface area contributed by atoms with E-state index in [4.69, 9.17) is 4.52 Å². The Kier molecular flexibility index (Phi) is 4.36. The lowest BCUT2D eigenvalue weighted by molar-refractivity contribution is 0.239. The topological polar surface area (TPSA) is 98.5 Å². The van der Waals surface area contributed by atoms with Gasteiger partial charge in [-0.2, -0.15) is 4.98 Å². The Bertz CT molecular complexity index is 1490. The number of aliphatic hydroxyl groups excluding tert-OH is 1. The van der Waals surface area contributed by atoms with Gasteiger partial charge < -0.3 is 9.63 Å². The fourth-order valence-corrected chi connectivity index (χ4v) is 3.56. The summed E-state index contributed by atoms with van der Waals surface area (Å²) in [5.74, 6) is -0.690. The van der Waals surface area contributed by atoms with E-state index in [1.54, 1.807) is 6.92 Å².